The average molecular weight is 367 g/mol. The Labute approximate surface area is 161 Å². The summed E-state index contributed by atoms with van der Waals surface area (Å²) in [5.74, 6) is 0.967. The smallest absolute Gasteiger partial charge is 0.228 e. The number of anilines is 1. The van der Waals surface area contributed by atoms with Crippen molar-refractivity contribution in [3.63, 3.8) is 0 Å². The van der Waals surface area contributed by atoms with Crippen LogP contribution in [0.1, 0.15) is 24.5 Å². The van der Waals surface area contributed by atoms with Crippen molar-refractivity contribution in [1.82, 2.24) is 10.2 Å². The number of ether oxygens (including phenoxy) is 1. The van der Waals surface area contributed by atoms with Gasteiger partial charge in [-0.2, -0.15) is 0 Å². The van der Waals surface area contributed by atoms with E-state index in [1.54, 1.807) is 0 Å². The highest BCUT2D eigenvalue weighted by molar-refractivity contribution is 5.93. The van der Waals surface area contributed by atoms with Crippen LogP contribution in [-0.2, 0) is 4.79 Å². The molecule has 1 saturated heterocycles. The number of carbonyl (C=O) groups is 1. The van der Waals surface area contributed by atoms with Crippen LogP contribution in [0.4, 0.5) is 5.69 Å². The summed E-state index contributed by atoms with van der Waals surface area (Å²) in [5.41, 5.74) is 2.07. The van der Waals surface area contributed by atoms with Gasteiger partial charge in [0.1, 0.15) is 11.9 Å². The highest BCUT2D eigenvalue weighted by atomic mass is 16.5. The van der Waals surface area contributed by atoms with Gasteiger partial charge in [-0.05, 0) is 38.3 Å². The zero-order valence-electron chi connectivity index (χ0n) is 16.2. The third-order valence-corrected chi connectivity index (χ3v) is 4.95. The van der Waals surface area contributed by atoms with E-state index in [9.17, 15) is 4.79 Å². The second kappa shape index (κ2) is 9.53. The molecule has 144 valence electrons. The SMILES string of the molecule is CNCCC(Oc1cccc(N2CCN(C)CCC2=O)c1)c1ccccc1. The van der Waals surface area contributed by atoms with Gasteiger partial charge in [0.05, 0.1) is 0 Å². The van der Waals surface area contributed by atoms with Crippen molar-refractivity contribution >= 4 is 11.6 Å². The molecule has 2 aromatic rings. The Morgan fingerprint density at radius 1 is 1.07 bits per heavy atom. The van der Waals surface area contributed by atoms with Crippen molar-refractivity contribution < 1.29 is 9.53 Å². The zero-order chi connectivity index (χ0) is 19.1. The van der Waals surface area contributed by atoms with Crippen LogP contribution >= 0.6 is 0 Å². The van der Waals surface area contributed by atoms with E-state index < -0.39 is 0 Å². The highest BCUT2D eigenvalue weighted by Crippen LogP contribution is 2.28. The summed E-state index contributed by atoms with van der Waals surface area (Å²) in [5, 5.41) is 3.20. The van der Waals surface area contributed by atoms with Crippen LogP contribution in [0.3, 0.4) is 0 Å². The summed E-state index contributed by atoms with van der Waals surface area (Å²) in [4.78, 5) is 16.6. The van der Waals surface area contributed by atoms with Gasteiger partial charge >= 0.3 is 0 Å². The first kappa shape index (κ1) is 19.4. The predicted molar refractivity (Wildman–Crippen MR) is 109 cm³/mol. The highest BCUT2D eigenvalue weighted by Gasteiger charge is 2.21. The van der Waals surface area contributed by atoms with Gasteiger partial charge in [0, 0.05) is 44.2 Å². The van der Waals surface area contributed by atoms with Crippen LogP contribution < -0.4 is 15.0 Å². The minimum atomic E-state index is -0.0279. The van der Waals surface area contributed by atoms with Gasteiger partial charge in [0.2, 0.25) is 5.91 Å². The lowest BCUT2D eigenvalue weighted by Crippen LogP contribution is -2.32. The number of nitrogens with one attached hydrogen (secondary N) is 1. The molecule has 0 radical (unpaired) electrons. The van der Waals surface area contributed by atoms with Crippen molar-refractivity contribution in [2.75, 3.05) is 45.2 Å². The van der Waals surface area contributed by atoms with Gasteiger partial charge in [-0.3, -0.25) is 4.79 Å². The normalized spacial score (nSPS) is 16.8. The summed E-state index contributed by atoms with van der Waals surface area (Å²) in [6, 6.07) is 18.2. The minimum Gasteiger partial charge on any atom is -0.486 e. The Morgan fingerprint density at radius 3 is 2.67 bits per heavy atom. The van der Waals surface area contributed by atoms with Gasteiger partial charge in [0.25, 0.3) is 0 Å². The lowest BCUT2D eigenvalue weighted by Gasteiger charge is -2.23. The van der Waals surface area contributed by atoms with Crippen molar-refractivity contribution in [2.24, 2.45) is 0 Å². The van der Waals surface area contributed by atoms with Crippen molar-refractivity contribution in [1.29, 1.82) is 0 Å². The molecule has 1 aliphatic heterocycles. The maximum atomic E-state index is 12.5. The van der Waals surface area contributed by atoms with Crippen LogP contribution in [0.25, 0.3) is 0 Å². The fourth-order valence-corrected chi connectivity index (χ4v) is 3.33. The lowest BCUT2D eigenvalue weighted by molar-refractivity contribution is -0.118. The molecule has 0 saturated carbocycles. The van der Waals surface area contributed by atoms with Gasteiger partial charge in [-0.25, -0.2) is 0 Å². The molecule has 1 amide bonds. The Morgan fingerprint density at radius 2 is 1.89 bits per heavy atom. The molecule has 0 spiro atoms. The van der Waals surface area contributed by atoms with Gasteiger partial charge in [0.15, 0.2) is 0 Å². The lowest BCUT2D eigenvalue weighted by atomic mass is 10.1. The van der Waals surface area contributed by atoms with E-state index in [2.05, 4.69) is 29.4 Å². The molecule has 3 rings (SSSR count). The van der Waals surface area contributed by atoms with Gasteiger partial charge in [-0.15, -0.1) is 0 Å². The first-order valence-electron chi connectivity index (χ1n) is 9.62. The number of nitrogens with zero attached hydrogens (tertiary/aromatic N) is 2. The fourth-order valence-electron chi connectivity index (χ4n) is 3.33. The summed E-state index contributed by atoms with van der Waals surface area (Å²) >= 11 is 0. The molecule has 1 unspecified atom stereocenters. The number of hydrogen-bond donors (Lipinski definition) is 1. The van der Waals surface area contributed by atoms with E-state index in [1.165, 1.54) is 0 Å². The van der Waals surface area contributed by atoms with E-state index in [-0.39, 0.29) is 12.0 Å². The topological polar surface area (TPSA) is 44.8 Å². The van der Waals surface area contributed by atoms with E-state index in [4.69, 9.17) is 4.74 Å². The van der Waals surface area contributed by atoms with E-state index in [0.29, 0.717) is 13.0 Å². The summed E-state index contributed by atoms with van der Waals surface area (Å²) < 4.78 is 6.33. The summed E-state index contributed by atoms with van der Waals surface area (Å²) in [6.07, 6.45) is 1.40. The third kappa shape index (κ3) is 5.31. The van der Waals surface area contributed by atoms with Crippen LogP contribution in [0.2, 0.25) is 0 Å². The quantitative estimate of drug-likeness (QED) is 0.817. The van der Waals surface area contributed by atoms with Gasteiger partial charge < -0.3 is 19.9 Å². The second-order valence-corrected chi connectivity index (χ2v) is 7.01. The molecular weight excluding hydrogens is 338 g/mol. The molecule has 2 aromatic carbocycles. The number of hydrogen-bond acceptors (Lipinski definition) is 4. The van der Waals surface area contributed by atoms with Crippen LogP contribution in [0.15, 0.2) is 54.6 Å². The van der Waals surface area contributed by atoms with Crippen LogP contribution in [-0.4, -0.2) is 51.1 Å². The Balaban J connectivity index is 1.78. The molecule has 1 N–H and O–H groups in total. The zero-order valence-corrected chi connectivity index (χ0v) is 16.2. The standard InChI is InChI=1S/C22H29N3O2/c1-23-13-11-21(18-7-4-3-5-8-18)27-20-10-6-9-19(17-20)25-16-15-24(2)14-12-22(25)26/h3-10,17,21,23H,11-16H2,1-2H3. The molecule has 1 heterocycles. The molecule has 0 aromatic heterocycles. The van der Waals surface area contributed by atoms with Crippen molar-refractivity contribution in [3.05, 3.63) is 60.2 Å². The molecule has 0 aliphatic carbocycles. The third-order valence-electron chi connectivity index (χ3n) is 4.95. The van der Waals surface area contributed by atoms with E-state index in [1.807, 2.05) is 54.4 Å². The number of carbonyl (C=O) groups excluding carboxylic acids is 1. The second-order valence-electron chi connectivity index (χ2n) is 7.01. The first-order chi connectivity index (χ1) is 13.2. The maximum Gasteiger partial charge on any atom is 0.228 e. The molecule has 27 heavy (non-hydrogen) atoms. The molecule has 1 fully saturated rings. The summed E-state index contributed by atoms with van der Waals surface area (Å²) in [7, 11) is 4.01. The number of amides is 1. The molecule has 0 bridgehead atoms. The predicted octanol–water partition coefficient (Wildman–Crippen LogP) is 3.08. The molecule has 1 aliphatic rings. The van der Waals surface area contributed by atoms with E-state index >= 15 is 0 Å². The van der Waals surface area contributed by atoms with Crippen molar-refractivity contribution in [3.8, 4) is 5.75 Å². The summed E-state index contributed by atoms with van der Waals surface area (Å²) in [6.45, 7) is 3.27. The Hall–Kier alpha value is -2.37. The maximum absolute atomic E-state index is 12.5. The van der Waals surface area contributed by atoms with Crippen molar-refractivity contribution in [2.45, 2.75) is 18.9 Å². The number of likely N-dealkylation sites (N-methyl/N-ethyl adjacent to an activating group) is 1. The largest absolute Gasteiger partial charge is 0.486 e. The van der Waals surface area contributed by atoms with E-state index in [0.717, 1.165) is 43.1 Å². The number of benzene rings is 2. The first-order valence-corrected chi connectivity index (χ1v) is 9.62. The molecule has 5 heteroatoms. The fraction of sp³-hybridized carbons (Fsp3) is 0.409. The monoisotopic (exact) mass is 367 g/mol. The Kier molecular flexibility index (Phi) is 6.85. The van der Waals surface area contributed by atoms with Crippen LogP contribution in [0.5, 0.6) is 5.75 Å². The number of rotatable bonds is 7. The minimum absolute atomic E-state index is 0.0279. The van der Waals surface area contributed by atoms with Gasteiger partial charge in [-0.1, -0.05) is 36.4 Å². The van der Waals surface area contributed by atoms with Crippen LogP contribution in [0, 0.1) is 0 Å². The molecular formula is C22H29N3O2. The average Bonchev–Trinajstić information content (AvgIpc) is 2.87. The molecule has 1 atom stereocenters. The molecule has 5 nitrogen and oxygen atoms in total. The Bertz CT molecular complexity index is 735.